The van der Waals surface area contributed by atoms with Gasteiger partial charge in [0.25, 0.3) is 5.69 Å². The number of non-ortho nitro benzene ring substituents is 1. The second-order valence-corrected chi connectivity index (χ2v) is 6.16. The predicted octanol–water partition coefficient (Wildman–Crippen LogP) is 4.47. The lowest BCUT2D eigenvalue weighted by Crippen LogP contribution is -2.00. The molecule has 0 saturated carbocycles. The number of thiazole rings is 1. The van der Waals surface area contributed by atoms with E-state index in [2.05, 4.69) is 4.98 Å². The number of ether oxygens (including phenoxy) is 1. The normalized spacial score (nSPS) is 10.8. The minimum absolute atomic E-state index is 0.00230. The average Bonchev–Trinajstić information content (AvgIpc) is 3.15. The van der Waals surface area contributed by atoms with E-state index in [1.54, 1.807) is 18.2 Å². The van der Waals surface area contributed by atoms with Gasteiger partial charge in [0.2, 0.25) is 0 Å². The predicted molar refractivity (Wildman–Crippen MR) is 99.5 cm³/mol. The molecule has 0 spiro atoms. The Bertz CT molecular complexity index is 934. The Morgan fingerprint density at radius 1 is 1.15 bits per heavy atom. The molecule has 0 atom stereocenters. The van der Waals surface area contributed by atoms with Gasteiger partial charge in [-0.2, -0.15) is 0 Å². The Balaban J connectivity index is 1.54. The van der Waals surface area contributed by atoms with E-state index in [0.29, 0.717) is 11.3 Å². The Morgan fingerprint density at radius 3 is 2.58 bits per heavy atom. The van der Waals surface area contributed by atoms with Crippen molar-refractivity contribution in [2.75, 3.05) is 0 Å². The first-order valence-electron chi connectivity index (χ1n) is 7.71. The molecule has 0 fully saturated rings. The van der Waals surface area contributed by atoms with Gasteiger partial charge in [-0.05, 0) is 23.8 Å². The first-order chi connectivity index (χ1) is 12.6. The monoisotopic (exact) mass is 366 g/mol. The van der Waals surface area contributed by atoms with Crippen LogP contribution in [-0.4, -0.2) is 15.9 Å². The number of esters is 1. The number of rotatable bonds is 6. The van der Waals surface area contributed by atoms with Crippen molar-refractivity contribution in [1.82, 2.24) is 4.98 Å². The molecule has 0 N–H and O–H groups in total. The van der Waals surface area contributed by atoms with Crippen LogP contribution in [-0.2, 0) is 16.1 Å². The van der Waals surface area contributed by atoms with Crippen LogP contribution in [0.3, 0.4) is 0 Å². The number of benzene rings is 2. The largest absolute Gasteiger partial charge is 0.456 e. The molecule has 26 heavy (non-hydrogen) atoms. The van der Waals surface area contributed by atoms with Crippen LogP contribution in [0.1, 0.15) is 11.3 Å². The first kappa shape index (κ1) is 17.5. The number of hydrogen-bond donors (Lipinski definition) is 0. The van der Waals surface area contributed by atoms with Crippen molar-refractivity contribution in [3.05, 3.63) is 87.4 Å². The lowest BCUT2D eigenvalue weighted by molar-refractivity contribution is -0.384. The van der Waals surface area contributed by atoms with Crippen LogP contribution in [0.25, 0.3) is 16.6 Å². The summed E-state index contributed by atoms with van der Waals surface area (Å²) in [5.74, 6) is -0.502. The SMILES string of the molecule is O=C(C=Cc1ccc([N+](=O)[O-])cc1)OCc1csc(-c2ccccc2)n1. The van der Waals surface area contributed by atoms with Gasteiger partial charge < -0.3 is 4.74 Å². The van der Waals surface area contributed by atoms with Crippen molar-refractivity contribution >= 4 is 29.1 Å². The number of carbonyl (C=O) groups excluding carboxylic acids is 1. The number of nitro benzene ring substituents is 1. The van der Waals surface area contributed by atoms with Crippen LogP contribution < -0.4 is 0 Å². The van der Waals surface area contributed by atoms with E-state index in [9.17, 15) is 14.9 Å². The highest BCUT2D eigenvalue weighted by Gasteiger charge is 2.06. The first-order valence-corrected chi connectivity index (χ1v) is 8.59. The highest BCUT2D eigenvalue weighted by atomic mass is 32.1. The molecule has 0 bridgehead atoms. The van der Waals surface area contributed by atoms with E-state index in [-0.39, 0.29) is 12.3 Å². The molecule has 2 aromatic carbocycles. The van der Waals surface area contributed by atoms with Crippen molar-refractivity contribution in [2.45, 2.75) is 6.61 Å². The van der Waals surface area contributed by atoms with Crippen molar-refractivity contribution in [1.29, 1.82) is 0 Å². The molecule has 3 aromatic rings. The van der Waals surface area contributed by atoms with Crippen LogP contribution >= 0.6 is 11.3 Å². The molecule has 0 radical (unpaired) electrons. The fourth-order valence-electron chi connectivity index (χ4n) is 2.15. The van der Waals surface area contributed by atoms with Gasteiger partial charge in [-0.15, -0.1) is 11.3 Å². The molecule has 130 valence electrons. The molecule has 0 aliphatic carbocycles. The van der Waals surface area contributed by atoms with Gasteiger partial charge >= 0.3 is 5.97 Å². The highest BCUT2D eigenvalue weighted by molar-refractivity contribution is 7.13. The third-order valence-corrected chi connectivity index (χ3v) is 4.39. The molecule has 7 heteroatoms. The minimum atomic E-state index is -0.502. The summed E-state index contributed by atoms with van der Waals surface area (Å²) < 4.78 is 5.17. The topological polar surface area (TPSA) is 82.3 Å². The summed E-state index contributed by atoms with van der Waals surface area (Å²) in [5, 5.41) is 13.3. The van der Waals surface area contributed by atoms with Crippen molar-refractivity contribution < 1.29 is 14.5 Å². The molecular formula is C19H14N2O4S. The van der Waals surface area contributed by atoms with Crippen molar-refractivity contribution in [2.24, 2.45) is 0 Å². The zero-order chi connectivity index (χ0) is 18.4. The second-order valence-electron chi connectivity index (χ2n) is 5.30. The molecular weight excluding hydrogens is 352 g/mol. The van der Waals surface area contributed by atoms with E-state index >= 15 is 0 Å². The molecule has 0 saturated heterocycles. The van der Waals surface area contributed by atoms with Gasteiger partial charge in [-0.25, -0.2) is 9.78 Å². The molecule has 0 amide bonds. The lowest BCUT2D eigenvalue weighted by atomic mass is 10.2. The summed E-state index contributed by atoms with van der Waals surface area (Å²) in [5.41, 5.74) is 2.38. The maximum atomic E-state index is 11.8. The van der Waals surface area contributed by atoms with Crippen molar-refractivity contribution in [3.63, 3.8) is 0 Å². The molecule has 3 rings (SSSR count). The van der Waals surface area contributed by atoms with Gasteiger partial charge in [0, 0.05) is 29.2 Å². The van der Waals surface area contributed by atoms with Crippen molar-refractivity contribution in [3.8, 4) is 10.6 Å². The smallest absolute Gasteiger partial charge is 0.331 e. The maximum Gasteiger partial charge on any atom is 0.331 e. The highest BCUT2D eigenvalue weighted by Crippen LogP contribution is 2.23. The zero-order valence-corrected chi connectivity index (χ0v) is 14.4. The minimum Gasteiger partial charge on any atom is -0.456 e. The summed E-state index contributed by atoms with van der Waals surface area (Å²) in [6.07, 6.45) is 2.83. The fourth-order valence-corrected chi connectivity index (χ4v) is 2.96. The number of carbonyl (C=O) groups is 1. The molecule has 6 nitrogen and oxygen atoms in total. The lowest BCUT2D eigenvalue weighted by Gasteiger charge is -1.99. The third-order valence-electron chi connectivity index (χ3n) is 3.45. The van der Waals surface area contributed by atoms with Gasteiger partial charge in [0.05, 0.1) is 10.6 Å². The third kappa shape index (κ3) is 4.61. The summed E-state index contributed by atoms with van der Waals surface area (Å²) in [7, 11) is 0. The fraction of sp³-hybridized carbons (Fsp3) is 0.0526. The molecule has 0 aliphatic heterocycles. The van der Waals surface area contributed by atoms with Gasteiger partial charge in [0.1, 0.15) is 11.6 Å². The second kappa shape index (κ2) is 8.17. The van der Waals surface area contributed by atoms with Crippen LogP contribution in [0, 0.1) is 10.1 Å². The average molecular weight is 366 g/mol. The van der Waals surface area contributed by atoms with Gasteiger partial charge in [-0.1, -0.05) is 30.3 Å². The summed E-state index contributed by atoms with van der Waals surface area (Å²) >= 11 is 1.49. The van der Waals surface area contributed by atoms with E-state index in [4.69, 9.17) is 4.74 Å². The van der Waals surface area contributed by atoms with Crippen LogP contribution in [0.15, 0.2) is 66.1 Å². The molecule has 0 aliphatic rings. The van der Waals surface area contributed by atoms with E-state index < -0.39 is 10.9 Å². The van der Waals surface area contributed by atoms with E-state index in [1.807, 2.05) is 35.7 Å². The van der Waals surface area contributed by atoms with Crippen LogP contribution in [0.4, 0.5) is 5.69 Å². The maximum absolute atomic E-state index is 11.8. The Morgan fingerprint density at radius 2 is 1.88 bits per heavy atom. The van der Waals surface area contributed by atoms with Crippen LogP contribution in [0.2, 0.25) is 0 Å². The molecule has 1 aromatic heterocycles. The van der Waals surface area contributed by atoms with Gasteiger partial charge in [-0.3, -0.25) is 10.1 Å². The molecule has 0 unspecified atom stereocenters. The van der Waals surface area contributed by atoms with Crippen LogP contribution in [0.5, 0.6) is 0 Å². The number of nitrogens with zero attached hydrogens (tertiary/aromatic N) is 2. The quantitative estimate of drug-likeness (QED) is 0.278. The number of aromatic nitrogens is 1. The Hall–Kier alpha value is -3.32. The number of hydrogen-bond acceptors (Lipinski definition) is 6. The molecule has 1 heterocycles. The Labute approximate surface area is 153 Å². The summed E-state index contributed by atoms with van der Waals surface area (Å²) in [6.45, 7) is 0.0900. The van der Waals surface area contributed by atoms with Gasteiger partial charge in [0.15, 0.2) is 0 Å². The van der Waals surface area contributed by atoms with E-state index in [1.165, 1.54) is 29.5 Å². The summed E-state index contributed by atoms with van der Waals surface area (Å²) in [6, 6.07) is 15.7. The van der Waals surface area contributed by atoms with E-state index in [0.717, 1.165) is 10.6 Å². The zero-order valence-electron chi connectivity index (χ0n) is 13.6. The summed E-state index contributed by atoms with van der Waals surface area (Å²) in [4.78, 5) is 26.4. The Kier molecular flexibility index (Phi) is 5.50. The number of nitro groups is 1. The standard InChI is InChI=1S/C19H14N2O4S/c22-18(11-8-14-6-9-17(10-7-14)21(23)24)25-12-16-13-26-19(20-16)15-4-2-1-3-5-15/h1-11,13H,12H2.